The third-order valence-corrected chi connectivity index (χ3v) is 3.35. The standard InChI is InChI=1S/C13H28N2O/c1-5-8-9-11(6-2)10-15-12(16)13(4,14)7-3/h11H,5-10,14H2,1-4H3,(H,15,16). The van der Waals surface area contributed by atoms with E-state index in [4.69, 9.17) is 5.73 Å². The Labute approximate surface area is 100 Å². The number of rotatable bonds is 8. The topological polar surface area (TPSA) is 55.1 Å². The normalized spacial score (nSPS) is 16.6. The Morgan fingerprint density at radius 2 is 2.00 bits per heavy atom. The molecule has 0 bridgehead atoms. The van der Waals surface area contributed by atoms with E-state index in [1.165, 1.54) is 19.3 Å². The van der Waals surface area contributed by atoms with Gasteiger partial charge in [-0.2, -0.15) is 0 Å². The fraction of sp³-hybridized carbons (Fsp3) is 0.923. The Balaban J connectivity index is 3.97. The molecule has 0 aliphatic heterocycles. The number of nitrogens with two attached hydrogens (primary N) is 1. The zero-order chi connectivity index (χ0) is 12.6. The fourth-order valence-corrected chi connectivity index (χ4v) is 1.54. The molecule has 0 saturated heterocycles. The van der Waals surface area contributed by atoms with Crippen molar-refractivity contribution in [3.05, 3.63) is 0 Å². The Morgan fingerprint density at radius 3 is 2.44 bits per heavy atom. The molecule has 16 heavy (non-hydrogen) atoms. The van der Waals surface area contributed by atoms with Gasteiger partial charge in [0.15, 0.2) is 0 Å². The molecule has 0 aromatic carbocycles. The largest absolute Gasteiger partial charge is 0.354 e. The highest BCUT2D eigenvalue weighted by Gasteiger charge is 2.25. The van der Waals surface area contributed by atoms with Gasteiger partial charge in [0.25, 0.3) is 0 Å². The fourth-order valence-electron chi connectivity index (χ4n) is 1.54. The van der Waals surface area contributed by atoms with Crippen molar-refractivity contribution in [2.75, 3.05) is 6.54 Å². The summed E-state index contributed by atoms with van der Waals surface area (Å²) in [5, 5.41) is 2.97. The summed E-state index contributed by atoms with van der Waals surface area (Å²) in [4.78, 5) is 11.8. The summed E-state index contributed by atoms with van der Waals surface area (Å²) >= 11 is 0. The minimum atomic E-state index is -0.719. The third-order valence-electron chi connectivity index (χ3n) is 3.35. The summed E-state index contributed by atoms with van der Waals surface area (Å²) < 4.78 is 0. The van der Waals surface area contributed by atoms with E-state index in [-0.39, 0.29) is 5.91 Å². The lowest BCUT2D eigenvalue weighted by Crippen LogP contribution is -2.52. The first-order chi connectivity index (χ1) is 7.47. The van der Waals surface area contributed by atoms with E-state index in [0.29, 0.717) is 12.3 Å². The molecule has 3 nitrogen and oxygen atoms in total. The predicted octanol–water partition coefficient (Wildman–Crippen LogP) is 2.45. The van der Waals surface area contributed by atoms with E-state index in [2.05, 4.69) is 19.2 Å². The van der Waals surface area contributed by atoms with Crippen LogP contribution in [0.2, 0.25) is 0 Å². The monoisotopic (exact) mass is 228 g/mol. The van der Waals surface area contributed by atoms with Gasteiger partial charge in [-0.3, -0.25) is 4.79 Å². The molecule has 3 heteroatoms. The zero-order valence-electron chi connectivity index (χ0n) is 11.3. The average Bonchev–Trinajstić information content (AvgIpc) is 2.28. The van der Waals surface area contributed by atoms with Crippen molar-refractivity contribution in [2.24, 2.45) is 11.7 Å². The highest BCUT2D eigenvalue weighted by molar-refractivity contribution is 5.85. The summed E-state index contributed by atoms with van der Waals surface area (Å²) in [5.74, 6) is 0.571. The number of hydrogen-bond donors (Lipinski definition) is 2. The van der Waals surface area contributed by atoms with Crippen LogP contribution in [0.25, 0.3) is 0 Å². The van der Waals surface area contributed by atoms with Crippen LogP contribution in [0.5, 0.6) is 0 Å². The van der Waals surface area contributed by atoms with Crippen LogP contribution in [0.15, 0.2) is 0 Å². The average molecular weight is 228 g/mol. The van der Waals surface area contributed by atoms with Crippen molar-refractivity contribution in [1.82, 2.24) is 5.32 Å². The molecule has 96 valence electrons. The molecule has 0 aromatic heterocycles. The molecule has 0 rings (SSSR count). The second-order valence-corrected chi connectivity index (χ2v) is 4.90. The molecule has 0 fully saturated rings. The van der Waals surface area contributed by atoms with Gasteiger partial charge in [0.1, 0.15) is 0 Å². The maximum atomic E-state index is 11.8. The smallest absolute Gasteiger partial charge is 0.239 e. The van der Waals surface area contributed by atoms with E-state index in [1.54, 1.807) is 6.92 Å². The van der Waals surface area contributed by atoms with Crippen LogP contribution in [0.4, 0.5) is 0 Å². The quantitative estimate of drug-likeness (QED) is 0.670. The lowest BCUT2D eigenvalue weighted by atomic mass is 9.97. The van der Waals surface area contributed by atoms with E-state index < -0.39 is 5.54 Å². The van der Waals surface area contributed by atoms with E-state index in [1.807, 2.05) is 6.92 Å². The molecule has 1 amide bonds. The summed E-state index contributed by atoms with van der Waals surface area (Å²) in [6, 6.07) is 0. The van der Waals surface area contributed by atoms with Crippen LogP contribution in [0.3, 0.4) is 0 Å². The number of carbonyl (C=O) groups excluding carboxylic acids is 1. The summed E-state index contributed by atoms with van der Waals surface area (Å²) in [5.41, 5.74) is 5.16. The SMILES string of the molecule is CCCCC(CC)CNC(=O)C(C)(N)CC. The van der Waals surface area contributed by atoms with Crippen molar-refractivity contribution in [1.29, 1.82) is 0 Å². The molecule has 0 radical (unpaired) electrons. The first kappa shape index (κ1) is 15.4. The minimum Gasteiger partial charge on any atom is -0.354 e. The van der Waals surface area contributed by atoms with Gasteiger partial charge in [-0.1, -0.05) is 40.0 Å². The van der Waals surface area contributed by atoms with Crippen LogP contribution in [-0.4, -0.2) is 18.0 Å². The summed E-state index contributed by atoms with van der Waals surface area (Å²) in [7, 11) is 0. The van der Waals surface area contributed by atoms with Crippen LogP contribution < -0.4 is 11.1 Å². The molecule has 0 saturated carbocycles. The molecule has 2 unspecified atom stereocenters. The number of nitrogens with one attached hydrogen (secondary N) is 1. The Hall–Kier alpha value is -0.570. The van der Waals surface area contributed by atoms with Crippen molar-refractivity contribution in [2.45, 2.75) is 65.3 Å². The molecule has 0 aliphatic rings. The van der Waals surface area contributed by atoms with Gasteiger partial charge in [0.2, 0.25) is 5.91 Å². The van der Waals surface area contributed by atoms with Gasteiger partial charge in [-0.15, -0.1) is 0 Å². The van der Waals surface area contributed by atoms with Gasteiger partial charge in [-0.25, -0.2) is 0 Å². The van der Waals surface area contributed by atoms with E-state index >= 15 is 0 Å². The molecule has 0 aliphatic carbocycles. The Kier molecular flexibility index (Phi) is 7.39. The number of hydrogen-bond acceptors (Lipinski definition) is 2. The van der Waals surface area contributed by atoms with Gasteiger partial charge >= 0.3 is 0 Å². The number of carbonyl (C=O) groups is 1. The third kappa shape index (κ3) is 5.50. The van der Waals surface area contributed by atoms with E-state index in [0.717, 1.165) is 13.0 Å². The molecule has 0 spiro atoms. The van der Waals surface area contributed by atoms with Gasteiger partial charge in [0.05, 0.1) is 5.54 Å². The Bertz CT molecular complexity index is 202. The lowest BCUT2D eigenvalue weighted by Gasteiger charge is -2.23. The van der Waals surface area contributed by atoms with Crippen LogP contribution in [0.1, 0.15) is 59.8 Å². The second kappa shape index (κ2) is 7.66. The summed E-state index contributed by atoms with van der Waals surface area (Å²) in [6.07, 6.45) is 5.44. The van der Waals surface area contributed by atoms with Crippen molar-refractivity contribution >= 4 is 5.91 Å². The molecule has 0 heterocycles. The minimum absolute atomic E-state index is 0.0232. The molecule has 2 atom stereocenters. The lowest BCUT2D eigenvalue weighted by molar-refractivity contribution is -0.126. The molecule has 3 N–H and O–H groups in total. The van der Waals surface area contributed by atoms with Crippen LogP contribution >= 0.6 is 0 Å². The maximum absolute atomic E-state index is 11.8. The first-order valence-electron chi connectivity index (χ1n) is 6.55. The summed E-state index contributed by atoms with van der Waals surface area (Å²) in [6.45, 7) is 8.86. The van der Waals surface area contributed by atoms with Crippen molar-refractivity contribution in [3.8, 4) is 0 Å². The molecule has 0 aromatic rings. The highest BCUT2D eigenvalue weighted by Crippen LogP contribution is 2.12. The van der Waals surface area contributed by atoms with Crippen LogP contribution in [0, 0.1) is 5.92 Å². The van der Waals surface area contributed by atoms with Crippen LogP contribution in [-0.2, 0) is 4.79 Å². The second-order valence-electron chi connectivity index (χ2n) is 4.90. The van der Waals surface area contributed by atoms with Gasteiger partial charge < -0.3 is 11.1 Å². The number of amides is 1. The molecular weight excluding hydrogens is 200 g/mol. The number of unbranched alkanes of at least 4 members (excludes halogenated alkanes) is 1. The van der Waals surface area contributed by atoms with Gasteiger partial charge in [0, 0.05) is 6.54 Å². The highest BCUT2D eigenvalue weighted by atomic mass is 16.2. The van der Waals surface area contributed by atoms with Crippen molar-refractivity contribution < 1.29 is 4.79 Å². The first-order valence-corrected chi connectivity index (χ1v) is 6.55. The molecular formula is C13H28N2O. The maximum Gasteiger partial charge on any atom is 0.239 e. The van der Waals surface area contributed by atoms with Gasteiger partial charge in [-0.05, 0) is 25.7 Å². The predicted molar refractivity (Wildman–Crippen MR) is 69.2 cm³/mol. The van der Waals surface area contributed by atoms with E-state index in [9.17, 15) is 4.79 Å². The Morgan fingerprint density at radius 1 is 1.38 bits per heavy atom. The van der Waals surface area contributed by atoms with Crippen molar-refractivity contribution in [3.63, 3.8) is 0 Å². The zero-order valence-corrected chi connectivity index (χ0v) is 11.3.